The minimum atomic E-state index is -4.47. The number of alkyl halides is 3. The van der Waals surface area contributed by atoms with Gasteiger partial charge in [0.1, 0.15) is 18.1 Å². The van der Waals surface area contributed by atoms with Gasteiger partial charge < -0.3 is 9.32 Å². The molecule has 1 fully saturated rings. The smallest absolute Gasteiger partial charge is 0.406 e. The minimum absolute atomic E-state index is 0.0673. The van der Waals surface area contributed by atoms with Crippen LogP contribution in [0.2, 0.25) is 0 Å². The van der Waals surface area contributed by atoms with Gasteiger partial charge in [-0.2, -0.15) is 18.3 Å². The number of amides is 1. The Kier molecular flexibility index (Phi) is 5.83. The summed E-state index contributed by atoms with van der Waals surface area (Å²) in [5.74, 6) is 1.22. The Labute approximate surface area is 154 Å². The number of nitrogens with zero attached hydrogens (tertiary/aromatic N) is 4. The lowest BCUT2D eigenvalue weighted by molar-refractivity contribution is -0.163. The van der Waals surface area contributed by atoms with Crippen LogP contribution in [0.5, 0.6) is 0 Å². The van der Waals surface area contributed by atoms with Crippen LogP contribution in [0.3, 0.4) is 0 Å². The fourth-order valence-electron chi connectivity index (χ4n) is 3.28. The third kappa shape index (κ3) is 5.56. The number of aryl methyl sites for hydroxylation is 1. The van der Waals surface area contributed by atoms with E-state index in [0.29, 0.717) is 30.5 Å². The molecule has 1 N–H and O–H groups in total. The number of H-pyrrole nitrogens is 1. The van der Waals surface area contributed by atoms with Gasteiger partial charge in [0, 0.05) is 12.5 Å². The van der Waals surface area contributed by atoms with Gasteiger partial charge in [0.2, 0.25) is 5.91 Å². The molecule has 2 aromatic rings. The Balaban J connectivity index is 1.63. The lowest BCUT2D eigenvalue weighted by Crippen LogP contribution is -2.46. The summed E-state index contributed by atoms with van der Waals surface area (Å²) in [6.07, 6.45) is -1.37. The molecule has 0 radical (unpaired) electrons. The van der Waals surface area contributed by atoms with Gasteiger partial charge in [-0.3, -0.25) is 14.8 Å². The number of hydrogen-bond donors (Lipinski definition) is 1. The first kappa shape index (κ1) is 19.4. The summed E-state index contributed by atoms with van der Waals surface area (Å²) in [4.78, 5) is 19.6. The second kappa shape index (κ2) is 8.12. The average Bonchev–Trinajstić information content (AvgIpc) is 3.25. The molecule has 0 aromatic carbocycles. The van der Waals surface area contributed by atoms with E-state index < -0.39 is 18.6 Å². The normalized spacial score (nSPS) is 18.6. The van der Waals surface area contributed by atoms with Gasteiger partial charge in [-0.15, -0.1) is 0 Å². The second-order valence-corrected chi connectivity index (χ2v) is 6.80. The van der Waals surface area contributed by atoms with Crippen LogP contribution in [0.15, 0.2) is 22.8 Å². The first-order chi connectivity index (χ1) is 12.8. The molecule has 0 unspecified atom stereocenters. The number of aromatic nitrogens is 3. The summed E-state index contributed by atoms with van der Waals surface area (Å²) in [7, 11) is 0. The topological polar surface area (TPSA) is 78.3 Å². The van der Waals surface area contributed by atoms with Crippen LogP contribution < -0.4 is 0 Å². The SMILES string of the molecule is Cc1nc([C@@H]2CCCN(CC(=O)N(Cc3ccco3)CC(F)(F)F)C2)n[nH]1. The van der Waals surface area contributed by atoms with Crippen LogP contribution in [0.25, 0.3) is 0 Å². The number of hydrogen-bond acceptors (Lipinski definition) is 5. The summed E-state index contributed by atoms with van der Waals surface area (Å²) in [5.41, 5.74) is 0. The molecule has 0 saturated carbocycles. The van der Waals surface area contributed by atoms with Gasteiger partial charge in [-0.1, -0.05) is 0 Å². The zero-order valence-electron chi connectivity index (χ0n) is 15.0. The highest BCUT2D eigenvalue weighted by atomic mass is 19.4. The Morgan fingerprint density at radius 3 is 2.93 bits per heavy atom. The highest BCUT2D eigenvalue weighted by Crippen LogP contribution is 2.25. The van der Waals surface area contributed by atoms with Crippen LogP contribution in [-0.2, 0) is 11.3 Å². The third-order valence-electron chi connectivity index (χ3n) is 4.49. The standard InChI is InChI=1S/C17H22F3N5O2/c1-12-21-16(23-22-12)13-4-2-6-24(8-13)10-15(26)25(11-17(18,19)20)9-14-5-3-7-27-14/h3,5,7,13H,2,4,6,8-11H2,1H3,(H,21,22,23)/t13-/m1/s1. The van der Waals surface area contributed by atoms with Crippen molar-refractivity contribution in [3.63, 3.8) is 0 Å². The maximum atomic E-state index is 12.9. The van der Waals surface area contributed by atoms with Gasteiger partial charge in [-0.05, 0) is 38.4 Å². The number of carbonyl (C=O) groups excluding carboxylic acids is 1. The fraction of sp³-hybridized carbons (Fsp3) is 0.588. The molecule has 1 saturated heterocycles. The molecule has 0 spiro atoms. The van der Waals surface area contributed by atoms with Gasteiger partial charge in [0.25, 0.3) is 0 Å². The molecular formula is C17H22F3N5O2. The van der Waals surface area contributed by atoms with Crippen LogP contribution >= 0.6 is 0 Å². The molecule has 2 aromatic heterocycles. The van der Waals surface area contributed by atoms with E-state index in [1.165, 1.54) is 6.26 Å². The van der Waals surface area contributed by atoms with Gasteiger partial charge in [0.15, 0.2) is 5.82 Å². The number of furan rings is 1. The summed E-state index contributed by atoms with van der Waals surface area (Å²) in [6.45, 7) is 1.43. The van der Waals surface area contributed by atoms with E-state index in [-0.39, 0.29) is 19.0 Å². The van der Waals surface area contributed by atoms with E-state index in [4.69, 9.17) is 4.42 Å². The van der Waals surface area contributed by atoms with E-state index in [9.17, 15) is 18.0 Å². The van der Waals surface area contributed by atoms with Gasteiger partial charge in [0.05, 0.1) is 19.4 Å². The lowest BCUT2D eigenvalue weighted by Gasteiger charge is -2.32. The summed E-state index contributed by atoms with van der Waals surface area (Å²) < 4.78 is 43.8. The number of nitrogens with one attached hydrogen (secondary N) is 1. The lowest BCUT2D eigenvalue weighted by atomic mass is 9.97. The Morgan fingerprint density at radius 2 is 2.30 bits per heavy atom. The van der Waals surface area contributed by atoms with Crippen molar-refractivity contribution < 1.29 is 22.4 Å². The molecule has 3 heterocycles. The first-order valence-electron chi connectivity index (χ1n) is 8.78. The molecule has 10 heteroatoms. The molecule has 0 aliphatic carbocycles. The predicted octanol–water partition coefficient (Wildman–Crippen LogP) is 2.48. The molecular weight excluding hydrogens is 363 g/mol. The highest BCUT2D eigenvalue weighted by Gasteiger charge is 2.34. The number of carbonyl (C=O) groups is 1. The quantitative estimate of drug-likeness (QED) is 0.827. The monoisotopic (exact) mass is 385 g/mol. The zero-order chi connectivity index (χ0) is 19.4. The Bertz CT molecular complexity index is 744. The van der Waals surface area contributed by atoms with Crippen molar-refractivity contribution >= 4 is 5.91 Å². The molecule has 27 heavy (non-hydrogen) atoms. The molecule has 7 nitrogen and oxygen atoms in total. The molecule has 3 rings (SSSR count). The van der Waals surface area contributed by atoms with E-state index in [2.05, 4.69) is 15.2 Å². The van der Waals surface area contributed by atoms with E-state index in [1.807, 2.05) is 11.8 Å². The molecule has 1 aliphatic rings. The van der Waals surface area contributed by atoms with E-state index >= 15 is 0 Å². The summed E-state index contributed by atoms with van der Waals surface area (Å²) in [5, 5.41) is 6.97. The van der Waals surface area contributed by atoms with E-state index in [1.54, 1.807) is 12.1 Å². The van der Waals surface area contributed by atoms with Crippen molar-refractivity contribution in [2.75, 3.05) is 26.2 Å². The molecule has 1 aliphatic heterocycles. The second-order valence-electron chi connectivity index (χ2n) is 6.80. The van der Waals surface area contributed by atoms with Crippen molar-refractivity contribution in [3.05, 3.63) is 35.8 Å². The number of rotatable bonds is 6. The van der Waals surface area contributed by atoms with Crippen molar-refractivity contribution in [1.29, 1.82) is 0 Å². The third-order valence-corrected chi connectivity index (χ3v) is 4.49. The molecule has 148 valence electrons. The zero-order valence-corrected chi connectivity index (χ0v) is 15.0. The molecule has 1 amide bonds. The van der Waals surface area contributed by atoms with Crippen molar-refractivity contribution in [2.45, 2.75) is 38.4 Å². The highest BCUT2D eigenvalue weighted by molar-refractivity contribution is 5.78. The molecule has 1 atom stereocenters. The van der Waals surface area contributed by atoms with Crippen molar-refractivity contribution in [2.24, 2.45) is 0 Å². The fourth-order valence-corrected chi connectivity index (χ4v) is 3.28. The van der Waals surface area contributed by atoms with Crippen LogP contribution in [0.1, 0.15) is 36.2 Å². The molecule has 0 bridgehead atoms. The number of likely N-dealkylation sites (tertiary alicyclic amines) is 1. The number of piperidine rings is 1. The van der Waals surface area contributed by atoms with Gasteiger partial charge in [-0.25, -0.2) is 4.98 Å². The van der Waals surface area contributed by atoms with Crippen LogP contribution in [-0.4, -0.2) is 63.2 Å². The summed E-state index contributed by atoms with van der Waals surface area (Å²) >= 11 is 0. The van der Waals surface area contributed by atoms with Gasteiger partial charge >= 0.3 is 6.18 Å². The Morgan fingerprint density at radius 1 is 1.48 bits per heavy atom. The van der Waals surface area contributed by atoms with Crippen molar-refractivity contribution in [3.8, 4) is 0 Å². The van der Waals surface area contributed by atoms with Crippen molar-refractivity contribution in [1.82, 2.24) is 25.0 Å². The first-order valence-corrected chi connectivity index (χ1v) is 8.78. The minimum Gasteiger partial charge on any atom is -0.467 e. The Hall–Kier alpha value is -2.36. The predicted molar refractivity (Wildman–Crippen MR) is 89.7 cm³/mol. The van der Waals surface area contributed by atoms with Crippen LogP contribution in [0, 0.1) is 6.92 Å². The largest absolute Gasteiger partial charge is 0.467 e. The number of aromatic amines is 1. The summed E-state index contributed by atoms with van der Waals surface area (Å²) in [6, 6.07) is 3.14. The average molecular weight is 385 g/mol. The van der Waals surface area contributed by atoms with Crippen LogP contribution in [0.4, 0.5) is 13.2 Å². The number of halogens is 3. The maximum absolute atomic E-state index is 12.9. The van der Waals surface area contributed by atoms with E-state index in [0.717, 1.165) is 17.7 Å². The maximum Gasteiger partial charge on any atom is 0.406 e.